The fourth-order valence-electron chi connectivity index (χ4n) is 2.94. The molecule has 1 heterocycles. The van der Waals surface area contributed by atoms with E-state index in [1.807, 2.05) is 30.3 Å². The van der Waals surface area contributed by atoms with E-state index >= 15 is 0 Å². The molecule has 0 fully saturated rings. The molecule has 2 aromatic rings. The van der Waals surface area contributed by atoms with Crippen molar-refractivity contribution in [3.05, 3.63) is 59.7 Å². The van der Waals surface area contributed by atoms with Crippen molar-refractivity contribution in [3.8, 4) is 5.75 Å². The van der Waals surface area contributed by atoms with E-state index in [9.17, 15) is 5.11 Å². The van der Waals surface area contributed by atoms with Gasteiger partial charge in [0.1, 0.15) is 5.75 Å². The summed E-state index contributed by atoms with van der Waals surface area (Å²) in [4.78, 5) is 2.23. The van der Waals surface area contributed by atoms with Crippen molar-refractivity contribution in [2.75, 3.05) is 31.7 Å². The number of rotatable bonds is 7. The van der Waals surface area contributed by atoms with E-state index in [1.165, 1.54) is 11.3 Å². The number of methoxy groups -OCH3 is 1. The summed E-state index contributed by atoms with van der Waals surface area (Å²) in [6.45, 7) is 2.41. The number of hydrogen-bond donors (Lipinski definition) is 1. The lowest BCUT2D eigenvalue weighted by Gasteiger charge is -2.22. The topological polar surface area (TPSA) is 41.9 Å². The first-order valence-corrected chi connectivity index (χ1v) is 7.98. The standard InChI is InChI=1S/C19H23NO3/c1-22-18-8-6-15(7-9-18)13-23-14-17(21)12-20-11-10-16-4-2-3-5-19(16)20/h2-9,17,21H,10-14H2,1H3. The van der Waals surface area contributed by atoms with Gasteiger partial charge in [0.05, 0.1) is 26.4 Å². The summed E-state index contributed by atoms with van der Waals surface area (Å²) in [5.74, 6) is 0.835. The second-order valence-corrected chi connectivity index (χ2v) is 5.84. The van der Waals surface area contributed by atoms with Gasteiger partial charge in [-0.15, -0.1) is 0 Å². The van der Waals surface area contributed by atoms with Crippen molar-refractivity contribution in [1.82, 2.24) is 0 Å². The normalized spacial score (nSPS) is 14.6. The summed E-state index contributed by atoms with van der Waals surface area (Å²) in [5.41, 5.74) is 3.67. The average molecular weight is 313 g/mol. The maximum atomic E-state index is 10.2. The van der Waals surface area contributed by atoms with E-state index in [0.717, 1.165) is 24.3 Å². The molecule has 0 radical (unpaired) electrons. The van der Waals surface area contributed by atoms with Crippen LogP contribution in [-0.4, -0.2) is 38.0 Å². The van der Waals surface area contributed by atoms with Crippen LogP contribution in [-0.2, 0) is 17.8 Å². The molecule has 0 aliphatic carbocycles. The lowest BCUT2D eigenvalue weighted by atomic mass is 10.2. The number of nitrogens with zero attached hydrogens (tertiary/aromatic N) is 1. The van der Waals surface area contributed by atoms with Crippen LogP contribution in [0.1, 0.15) is 11.1 Å². The Morgan fingerprint density at radius 1 is 1.13 bits per heavy atom. The van der Waals surface area contributed by atoms with Crippen LogP contribution in [0.5, 0.6) is 5.75 Å². The number of aliphatic hydroxyl groups is 1. The first-order chi connectivity index (χ1) is 11.3. The molecule has 0 bridgehead atoms. The van der Waals surface area contributed by atoms with Gasteiger partial charge in [-0.05, 0) is 35.7 Å². The Hall–Kier alpha value is -2.04. The monoisotopic (exact) mass is 313 g/mol. The number of fused-ring (bicyclic) bond motifs is 1. The van der Waals surface area contributed by atoms with E-state index < -0.39 is 6.10 Å². The van der Waals surface area contributed by atoms with Crippen LogP contribution in [0, 0.1) is 0 Å². The van der Waals surface area contributed by atoms with Gasteiger partial charge in [0, 0.05) is 18.8 Å². The highest BCUT2D eigenvalue weighted by atomic mass is 16.5. The zero-order valence-electron chi connectivity index (χ0n) is 13.4. The molecule has 122 valence electrons. The van der Waals surface area contributed by atoms with Crippen LogP contribution in [0.4, 0.5) is 5.69 Å². The molecule has 0 saturated heterocycles. The first-order valence-electron chi connectivity index (χ1n) is 7.98. The van der Waals surface area contributed by atoms with Gasteiger partial charge in [0.15, 0.2) is 0 Å². The Labute approximate surface area is 137 Å². The SMILES string of the molecule is COc1ccc(COCC(O)CN2CCc3ccccc32)cc1. The number of benzene rings is 2. The van der Waals surface area contributed by atoms with Crippen molar-refractivity contribution in [3.63, 3.8) is 0 Å². The molecular formula is C19H23NO3. The van der Waals surface area contributed by atoms with Crippen molar-refractivity contribution >= 4 is 5.69 Å². The molecule has 1 aliphatic heterocycles. The third kappa shape index (κ3) is 4.03. The summed E-state index contributed by atoms with van der Waals surface area (Å²) in [5, 5.41) is 10.2. The Kier molecular flexibility index (Phi) is 5.16. The third-order valence-corrected chi connectivity index (χ3v) is 4.15. The van der Waals surface area contributed by atoms with Crippen LogP contribution >= 0.6 is 0 Å². The van der Waals surface area contributed by atoms with Gasteiger partial charge in [-0.3, -0.25) is 0 Å². The van der Waals surface area contributed by atoms with Crippen LogP contribution in [0.15, 0.2) is 48.5 Å². The predicted molar refractivity (Wildman–Crippen MR) is 91.0 cm³/mol. The minimum Gasteiger partial charge on any atom is -0.497 e. The molecule has 3 rings (SSSR count). The zero-order chi connectivity index (χ0) is 16.1. The average Bonchev–Trinajstić information content (AvgIpc) is 2.99. The Bertz CT molecular complexity index is 627. The Morgan fingerprint density at radius 3 is 2.70 bits per heavy atom. The summed E-state index contributed by atoms with van der Waals surface area (Å²) in [7, 11) is 1.65. The second-order valence-electron chi connectivity index (χ2n) is 5.84. The highest BCUT2D eigenvalue weighted by Crippen LogP contribution is 2.27. The van der Waals surface area contributed by atoms with Gasteiger partial charge in [0.25, 0.3) is 0 Å². The van der Waals surface area contributed by atoms with Gasteiger partial charge in [0.2, 0.25) is 0 Å². The fraction of sp³-hybridized carbons (Fsp3) is 0.368. The summed E-state index contributed by atoms with van der Waals surface area (Å²) >= 11 is 0. The number of β-amino-alcohol motifs (C(OH)–C–C–N with tert-alkyl or cyclic N) is 1. The molecule has 0 aromatic heterocycles. The smallest absolute Gasteiger partial charge is 0.118 e. The van der Waals surface area contributed by atoms with Gasteiger partial charge in [-0.1, -0.05) is 30.3 Å². The van der Waals surface area contributed by atoms with Crippen molar-refractivity contribution in [1.29, 1.82) is 0 Å². The number of anilines is 1. The molecule has 1 atom stereocenters. The highest BCUT2D eigenvalue weighted by Gasteiger charge is 2.20. The maximum absolute atomic E-state index is 10.2. The van der Waals surface area contributed by atoms with E-state index in [-0.39, 0.29) is 0 Å². The van der Waals surface area contributed by atoms with E-state index in [0.29, 0.717) is 19.8 Å². The van der Waals surface area contributed by atoms with Gasteiger partial charge >= 0.3 is 0 Å². The molecule has 2 aromatic carbocycles. The highest BCUT2D eigenvalue weighted by molar-refractivity contribution is 5.57. The molecule has 0 saturated carbocycles. The van der Waals surface area contributed by atoms with Crippen molar-refractivity contribution in [2.24, 2.45) is 0 Å². The largest absolute Gasteiger partial charge is 0.497 e. The van der Waals surface area contributed by atoms with E-state index in [2.05, 4.69) is 23.1 Å². The molecule has 0 spiro atoms. The number of para-hydroxylation sites is 1. The minimum absolute atomic E-state index is 0.338. The number of hydrogen-bond acceptors (Lipinski definition) is 4. The zero-order valence-corrected chi connectivity index (χ0v) is 13.4. The lowest BCUT2D eigenvalue weighted by molar-refractivity contribution is 0.0321. The van der Waals surface area contributed by atoms with Gasteiger partial charge in [-0.2, -0.15) is 0 Å². The van der Waals surface area contributed by atoms with Crippen molar-refractivity contribution < 1.29 is 14.6 Å². The Balaban J connectivity index is 1.44. The quantitative estimate of drug-likeness (QED) is 0.853. The summed E-state index contributed by atoms with van der Waals surface area (Å²) in [6, 6.07) is 16.2. The Morgan fingerprint density at radius 2 is 1.91 bits per heavy atom. The number of aliphatic hydroxyl groups excluding tert-OH is 1. The van der Waals surface area contributed by atoms with E-state index in [1.54, 1.807) is 7.11 Å². The maximum Gasteiger partial charge on any atom is 0.118 e. The molecular weight excluding hydrogens is 290 g/mol. The predicted octanol–water partition coefficient (Wildman–Crippen LogP) is 2.64. The fourth-order valence-corrected chi connectivity index (χ4v) is 2.94. The van der Waals surface area contributed by atoms with E-state index in [4.69, 9.17) is 9.47 Å². The third-order valence-electron chi connectivity index (χ3n) is 4.15. The van der Waals surface area contributed by atoms with Crippen LogP contribution in [0.25, 0.3) is 0 Å². The summed E-state index contributed by atoms with van der Waals surface area (Å²) in [6.07, 6.45) is 0.565. The molecule has 4 heteroatoms. The first kappa shape index (κ1) is 15.8. The lowest BCUT2D eigenvalue weighted by Crippen LogP contribution is -2.33. The van der Waals surface area contributed by atoms with Crippen LogP contribution in [0.2, 0.25) is 0 Å². The molecule has 0 amide bonds. The van der Waals surface area contributed by atoms with Crippen LogP contribution < -0.4 is 9.64 Å². The van der Waals surface area contributed by atoms with Crippen molar-refractivity contribution in [2.45, 2.75) is 19.1 Å². The van der Waals surface area contributed by atoms with Gasteiger partial charge in [-0.25, -0.2) is 0 Å². The minimum atomic E-state index is -0.487. The number of ether oxygens (including phenoxy) is 2. The molecule has 1 aliphatic rings. The van der Waals surface area contributed by atoms with Crippen LogP contribution in [0.3, 0.4) is 0 Å². The molecule has 4 nitrogen and oxygen atoms in total. The molecule has 1 N–H and O–H groups in total. The molecule has 1 unspecified atom stereocenters. The summed E-state index contributed by atoms with van der Waals surface area (Å²) < 4.78 is 10.8. The molecule has 23 heavy (non-hydrogen) atoms. The van der Waals surface area contributed by atoms with Gasteiger partial charge < -0.3 is 19.5 Å². The second kappa shape index (κ2) is 7.49.